The molecule has 3 heterocycles. The van der Waals surface area contributed by atoms with E-state index in [0.29, 0.717) is 26.1 Å². The van der Waals surface area contributed by atoms with Gasteiger partial charge >= 0.3 is 0 Å². The van der Waals surface area contributed by atoms with E-state index in [1.54, 1.807) is 17.0 Å². The Kier molecular flexibility index (Phi) is 3.02. The van der Waals surface area contributed by atoms with Crippen molar-refractivity contribution in [1.82, 2.24) is 14.2 Å². The van der Waals surface area contributed by atoms with Crippen LogP contribution in [0.5, 0.6) is 0 Å². The average Bonchev–Trinajstić information content (AvgIpc) is 2.81. The molecule has 19 heavy (non-hydrogen) atoms. The maximum Gasteiger partial charge on any atom is 0.260 e. The molecule has 7 heteroatoms. The lowest BCUT2D eigenvalue weighted by Crippen LogP contribution is -2.53. The van der Waals surface area contributed by atoms with Gasteiger partial charge < -0.3 is 4.90 Å². The van der Waals surface area contributed by atoms with Gasteiger partial charge in [-0.1, -0.05) is 6.07 Å². The highest BCUT2D eigenvalue weighted by Gasteiger charge is 2.39. The highest BCUT2D eigenvalue weighted by molar-refractivity contribution is 7.89. The Morgan fingerprint density at radius 1 is 1.26 bits per heavy atom. The molecule has 6 nitrogen and oxygen atoms in total. The molecule has 1 atom stereocenters. The molecule has 1 amide bonds. The standard InChI is InChI=1S/C12H15N3O3S/c16-12-5-4-10-9-14(7-8-15(10)12)19(17,18)11-3-1-2-6-13-11/h1-3,6,10H,4-5,7-9H2/t10-/m1/s1. The number of hydrogen-bond acceptors (Lipinski definition) is 4. The molecule has 0 radical (unpaired) electrons. The van der Waals surface area contributed by atoms with Crippen molar-refractivity contribution >= 4 is 15.9 Å². The molecule has 0 spiro atoms. The maximum atomic E-state index is 12.4. The number of rotatable bonds is 2. The number of carbonyl (C=O) groups is 1. The van der Waals surface area contributed by atoms with Crippen molar-refractivity contribution < 1.29 is 13.2 Å². The summed E-state index contributed by atoms with van der Waals surface area (Å²) < 4.78 is 26.3. The molecule has 0 N–H and O–H groups in total. The number of hydrogen-bond donors (Lipinski definition) is 0. The Balaban J connectivity index is 1.83. The largest absolute Gasteiger partial charge is 0.337 e. The van der Waals surface area contributed by atoms with Crippen LogP contribution in [0.2, 0.25) is 0 Å². The fraction of sp³-hybridized carbons (Fsp3) is 0.500. The van der Waals surface area contributed by atoms with E-state index in [0.717, 1.165) is 6.42 Å². The molecule has 0 aliphatic carbocycles. The van der Waals surface area contributed by atoms with Crippen molar-refractivity contribution in [3.63, 3.8) is 0 Å². The van der Waals surface area contributed by atoms with E-state index in [4.69, 9.17) is 0 Å². The summed E-state index contributed by atoms with van der Waals surface area (Å²) in [4.78, 5) is 17.3. The Labute approximate surface area is 112 Å². The van der Waals surface area contributed by atoms with Crippen LogP contribution in [0, 0.1) is 0 Å². The Bertz CT molecular complexity index is 587. The third-order valence-electron chi connectivity index (χ3n) is 3.70. The van der Waals surface area contributed by atoms with Crippen LogP contribution in [0.15, 0.2) is 29.4 Å². The van der Waals surface area contributed by atoms with Gasteiger partial charge in [-0.3, -0.25) is 4.79 Å². The smallest absolute Gasteiger partial charge is 0.260 e. The molecule has 2 aliphatic heterocycles. The van der Waals surface area contributed by atoms with Gasteiger partial charge in [-0.2, -0.15) is 4.31 Å². The van der Waals surface area contributed by atoms with Gasteiger partial charge in [-0.15, -0.1) is 0 Å². The zero-order valence-electron chi connectivity index (χ0n) is 10.4. The molecule has 3 rings (SSSR count). The lowest BCUT2D eigenvalue weighted by atomic mass is 10.2. The first-order chi connectivity index (χ1) is 9.09. The SMILES string of the molecule is O=C1CC[C@@H]2CN(S(=O)(=O)c3ccccn3)CCN12. The molecule has 1 aromatic heterocycles. The van der Waals surface area contributed by atoms with Crippen LogP contribution in [0.4, 0.5) is 0 Å². The van der Waals surface area contributed by atoms with Gasteiger partial charge in [0.05, 0.1) is 0 Å². The Morgan fingerprint density at radius 2 is 2.11 bits per heavy atom. The van der Waals surface area contributed by atoms with Crippen molar-refractivity contribution in [2.24, 2.45) is 0 Å². The number of nitrogens with zero attached hydrogens (tertiary/aromatic N) is 3. The summed E-state index contributed by atoms with van der Waals surface area (Å²) in [6.07, 6.45) is 2.75. The fourth-order valence-electron chi connectivity index (χ4n) is 2.69. The van der Waals surface area contributed by atoms with Gasteiger partial charge in [0.1, 0.15) is 0 Å². The van der Waals surface area contributed by atoms with E-state index < -0.39 is 10.0 Å². The van der Waals surface area contributed by atoms with Crippen molar-refractivity contribution in [2.45, 2.75) is 23.9 Å². The second-order valence-corrected chi connectivity index (χ2v) is 6.70. The predicted octanol–water partition coefficient (Wildman–Crippen LogP) is 0.0769. The normalized spacial score (nSPS) is 24.5. The first-order valence-corrected chi connectivity index (χ1v) is 7.74. The quantitative estimate of drug-likeness (QED) is 0.769. The molecule has 0 bridgehead atoms. The molecule has 102 valence electrons. The van der Waals surface area contributed by atoms with Crippen molar-refractivity contribution in [3.8, 4) is 0 Å². The summed E-state index contributed by atoms with van der Waals surface area (Å²) in [6, 6.07) is 4.88. The molecule has 2 saturated heterocycles. The number of amides is 1. The molecule has 2 aliphatic rings. The number of piperazine rings is 1. The Morgan fingerprint density at radius 3 is 2.84 bits per heavy atom. The van der Waals surface area contributed by atoms with Crippen molar-refractivity contribution in [1.29, 1.82) is 0 Å². The van der Waals surface area contributed by atoms with Crippen LogP contribution in [-0.2, 0) is 14.8 Å². The van der Waals surface area contributed by atoms with Crippen LogP contribution >= 0.6 is 0 Å². The summed E-state index contributed by atoms with van der Waals surface area (Å²) >= 11 is 0. The van der Waals surface area contributed by atoms with Gasteiger partial charge in [0.2, 0.25) is 5.91 Å². The summed E-state index contributed by atoms with van der Waals surface area (Å²) in [6.45, 7) is 1.21. The minimum atomic E-state index is -3.53. The minimum absolute atomic E-state index is 0.0275. The zero-order chi connectivity index (χ0) is 13.5. The highest BCUT2D eigenvalue weighted by Crippen LogP contribution is 2.25. The summed E-state index contributed by atoms with van der Waals surface area (Å²) in [7, 11) is -3.53. The van der Waals surface area contributed by atoms with E-state index in [2.05, 4.69) is 4.98 Å². The van der Waals surface area contributed by atoms with Crippen LogP contribution in [-0.4, -0.2) is 54.2 Å². The zero-order valence-corrected chi connectivity index (χ0v) is 11.2. The van der Waals surface area contributed by atoms with E-state index >= 15 is 0 Å². The third kappa shape index (κ3) is 2.12. The van der Waals surface area contributed by atoms with Gasteiger partial charge in [-0.05, 0) is 18.6 Å². The number of sulfonamides is 1. The number of aromatic nitrogens is 1. The molecular formula is C12H15N3O3S. The molecular weight excluding hydrogens is 266 g/mol. The molecule has 0 aromatic carbocycles. The first kappa shape index (κ1) is 12.6. The van der Waals surface area contributed by atoms with E-state index in [1.165, 1.54) is 16.6 Å². The lowest BCUT2D eigenvalue weighted by molar-refractivity contribution is -0.130. The molecule has 0 saturated carbocycles. The maximum absolute atomic E-state index is 12.4. The van der Waals surface area contributed by atoms with E-state index in [9.17, 15) is 13.2 Å². The van der Waals surface area contributed by atoms with Gasteiger partial charge in [0, 0.05) is 38.3 Å². The van der Waals surface area contributed by atoms with E-state index in [-0.39, 0.29) is 17.0 Å². The molecule has 1 aromatic rings. The minimum Gasteiger partial charge on any atom is -0.337 e. The van der Waals surface area contributed by atoms with Crippen LogP contribution in [0.25, 0.3) is 0 Å². The van der Waals surface area contributed by atoms with Gasteiger partial charge in [-0.25, -0.2) is 13.4 Å². The molecule has 2 fully saturated rings. The summed E-state index contributed by atoms with van der Waals surface area (Å²) in [5, 5.41) is 0.0766. The van der Waals surface area contributed by atoms with Crippen LogP contribution < -0.4 is 0 Å². The van der Waals surface area contributed by atoms with Crippen molar-refractivity contribution in [2.75, 3.05) is 19.6 Å². The van der Waals surface area contributed by atoms with Crippen molar-refractivity contribution in [3.05, 3.63) is 24.4 Å². The second kappa shape index (κ2) is 4.57. The van der Waals surface area contributed by atoms with Gasteiger partial charge in [0.25, 0.3) is 10.0 Å². The number of carbonyl (C=O) groups excluding carboxylic acids is 1. The number of fused-ring (bicyclic) bond motifs is 1. The predicted molar refractivity (Wildman–Crippen MR) is 67.7 cm³/mol. The third-order valence-corrected chi connectivity index (χ3v) is 5.48. The first-order valence-electron chi connectivity index (χ1n) is 6.30. The lowest BCUT2D eigenvalue weighted by Gasteiger charge is -2.36. The van der Waals surface area contributed by atoms with Gasteiger partial charge in [0.15, 0.2) is 5.03 Å². The summed E-state index contributed by atoms with van der Waals surface area (Å²) in [5.41, 5.74) is 0. The van der Waals surface area contributed by atoms with Crippen LogP contribution in [0.3, 0.4) is 0 Å². The van der Waals surface area contributed by atoms with Crippen LogP contribution in [0.1, 0.15) is 12.8 Å². The summed E-state index contributed by atoms with van der Waals surface area (Å²) in [5.74, 6) is 0.139. The topological polar surface area (TPSA) is 70.6 Å². The number of pyridine rings is 1. The monoisotopic (exact) mass is 281 g/mol. The molecule has 0 unspecified atom stereocenters. The fourth-order valence-corrected chi connectivity index (χ4v) is 4.09. The Hall–Kier alpha value is -1.47. The van der Waals surface area contributed by atoms with E-state index in [1.807, 2.05) is 0 Å². The highest BCUT2D eigenvalue weighted by atomic mass is 32.2. The average molecular weight is 281 g/mol. The second-order valence-electron chi connectivity index (χ2n) is 4.81.